The van der Waals surface area contributed by atoms with Crippen molar-refractivity contribution in [2.75, 3.05) is 26.9 Å². The third-order valence-electron chi connectivity index (χ3n) is 1.18. The van der Waals surface area contributed by atoms with Crippen LogP contribution in [-0.4, -0.2) is 38.4 Å². The van der Waals surface area contributed by atoms with Gasteiger partial charge < -0.3 is 14.8 Å². The molecule has 1 N–H and O–H groups in total. The van der Waals surface area contributed by atoms with Gasteiger partial charge in [0.2, 0.25) is 5.91 Å². The number of amides is 1. The molecule has 0 saturated carbocycles. The van der Waals surface area contributed by atoms with E-state index in [2.05, 4.69) is 5.32 Å². The van der Waals surface area contributed by atoms with Crippen molar-refractivity contribution in [2.24, 2.45) is 0 Å². The summed E-state index contributed by atoms with van der Waals surface area (Å²) in [6, 6.07) is 0. The standard InChI is InChI=1S/C9H19NO3/c1-9(2,3)10-8(11)7-13-6-5-12-4/h5-7H2,1-4H3,(H,10,11). The third kappa shape index (κ3) is 9.30. The summed E-state index contributed by atoms with van der Waals surface area (Å²) in [4.78, 5) is 11.1. The number of hydrogen-bond donors (Lipinski definition) is 1. The van der Waals surface area contributed by atoms with Crippen LogP contribution in [0.15, 0.2) is 0 Å². The number of rotatable bonds is 5. The number of carbonyl (C=O) groups excluding carboxylic acids is 1. The highest BCUT2D eigenvalue weighted by molar-refractivity contribution is 5.77. The largest absolute Gasteiger partial charge is 0.382 e. The molecule has 0 saturated heterocycles. The average Bonchev–Trinajstić information content (AvgIpc) is 1.94. The van der Waals surface area contributed by atoms with Gasteiger partial charge in [0.25, 0.3) is 0 Å². The zero-order valence-electron chi connectivity index (χ0n) is 8.85. The van der Waals surface area contributed by atoms with E-state index in [1.165, 1.54) is 0 Å². The highest BCUT2D eigenvalue weighted by atomic mass is 16.5. The van der Waals surface area contributed by atoms with Crippen LogP contribution >= 0.6 is 0 Å². The lowest BCUT2D eigenvalue weighted by atomic mass is 10.1. The normalized spacial score (nSPS) is 11.4. The fourth-order valence-electron chi connectivity index (χ4n) is 0.761. The van der Waals surface area contributed by atoms with E-state index in [9.17, 15) is 4.79 Å². The smallest absolute Gasteiger partial charge is 0.246 e. The molecule has 13 heavy (non-hydrogen) atoms. The van der Waals surface area contributed by atoms with Gasteiger partial charge in [0, 0.05) is 12.6 Å². The maximum atomic E-state index is 11.1. The minimum Gasteiger partial charge on any atom is -0.382 e. The van der Waals surface area contributed by atoms with Crippen LogP contribution in [-0.2, 0) is 14.3 Å². The van der Waals surface area contributed by atoms with Gasteiger partial charge in [-0.15, -0.1) is 0 Å². The molecule has 4 heteroatoms. The van der Waals surface area contributed by atoms with Crippen molar-refractivity contribution in [2.45, 2.75) is 26.3 Å². The summed E-state index contributed by atoms with van der Waals surface area (Å²) in [6.07, 6.45) is 0. The van der Waals surface area contributed by atoms with Crippen molar-refractivity contribution in [3.8, 4) is 0 Å². The third-order valence-corrected chi connectivity index (χ3v) is 1.18. The molecule has 0 atom stereocenters. The molecule has 0 unspecified atom stereocenters. The Bertz CT molecular complexity index is 151. The van der Waals surface area contributed by atoms with Gasteiger partial charge in [-0.3, -0.25) is 4.79 Å². The number of ether oxygens (including phenoxy) is 2. The molecule has 0 aromatic carbocycles. The molecule has 78 valence electrons. The van der Waals surface area contributed by atoms with E-state index in [0.29, 0.717) is 13.2 Å². The van der Waals surface area contributed by atoms with Gasteiger partial charge in [-0.25, -0.2) is 0 Å². The van der Waals surface area contributed by atoms with Crippen LogP contribution in [0.3, 0.4) is 0 Å². The predicted octanol–water partition coefficient (Wildman–Crippen LogP) is 0.564. The van der Waals surface area contributed by atoms with Gasteiger partial charge >= 0.3 is 0 Å². The van der Waals surface area contributed by atoms with Crippen LogP contribution < -0.4 is 5.32 Å². The Morgan fingerprint density at radius 3 is 2.38 bits per heavy atom. The van der Waals surface area contributed by atoms with Crippen molar-refractivity contribution < 1.29 is 14.3 Å². The summed E-state index contributed by atoms with van der Waals surface area (Å²) in [6.45, 7) is 6.86. The van der Waals surface area contributed by atoms with E-state index in [0.717, 1.165) is 0 Å². The predicted molar refractivity (Wildman–Crippen MR) is 50.6 cm³/mol. The SMILES string of the molecule is COCCOCC(=O)NC(C)(C)C. The fourth-order valence-corrected chi connectivity index (χ4v) is 0.761. The summed E-state index contributed by atoms with van der Waals surface area (Å²) >= 11 is 0. The van der Waals surface area contributed by atoms with E-state index in [4.69, 9.17) is 9.47 Å². The van der Waals surface area contributed by atoms with Crippen molar-refractivity contribution >= 4 is 5.91 Å². The van der Waals surface area contributed by atoms with Crippen LogP contribution in [0.1, 0.15) is 20.8 Å². The topological polar surface area (TPSA) is 47.6 Å². The molecule has 0 aliphatic rings. The highest BCUT2D eigenvalue weighted by Gasteiger charge is 2.12. The van der Waals surface area contributed by atoms with Crippen LogP contribution in [0.25, 0.3) is 0 Å². The van der Waals surface area contributed by atoms with Crippen LogP contribution in [0.4, 0.5) is 0 Å². The summed E-state index contributed by atoms with van der Waals surface area (Å²) in [7, 11) is 1.60. The quantitative estimate of drug-likeness (QED) is 0.643. The van der Waals surface area contributed by atoms with Crippen molar-refractivity contribution in [3.05, 3.63) is 0 Å². The number of methoxy groups -OCH3 is 1. The Balaban J connectivity index is 3.41. The molecule has 0 aliphatic heterocycles. The second-order valence-electron chi connectivity index (χ2n) is 3.84. The van der Waals surface area contributed by atoms with Gasteiger partial charge in [-0.05, 0) is 20.8 Å². The molecule has 1 amide bonds. The minimum absolute atomic E-state index is 0.0939. The first-order valence-corrected chi connectivity index (χ1v) is 4.33. The van der Waals surface area contributed by atoms with Crippen LogP contribution in [0, 0.1) is 0 Å². The van der Waals surface area contributed by atoms with Crippen LogP contribution in [0.2, 0.25) is 0 Å². The van der Waals surface area contributed by atoms with Gasteiger partial charge in [-0.1, -0.05) is 0 Å². The lowest BCUT2D eigenvalue weighted by molar-refractivity contribution is -0.127. The first kappa shape index (κ1) is 12.4. The molecule has 0 rings (SSSR count). The lowest BCUT2D eigenvalue weighted by Gasteiger charge is -2.20. The van der Waals surface area contributed by atoms with E-state index < -0.39 is 0 Å². The van der Waals surface area contributed by atoms with Gasteiger partial charge in [0.05, 0.1) is 13.2 Å². The summed E-state index contributed by atoms with van der Waals surface area (Å²) in [5, 5.41) is 2.79. The molecule has 0 fully saturated rings. The first-order valence-electron chi connectivity index (χ1n) is 4.33. The molecule has 0 aliphatic carbocycles. The summed E-state index contributed by atoms with van der Waals surface area (Å²) in [5.41, 5.74) is -0.193. The maximum absolute atomic E-state index is 11.1. The summed E-state index contributed by atoms with van der Waals surface area (Å²) in [5.74, 6) is -0.0939. The van der Waals surface area contributed by atoms with Crippen molar-refractivity contribution in [3.63, 3.8) is 0 Å². The number of hydrogen-bond acceptors (Lipinski definition) is 3. The molecular formula is C9H19NO3. The fraction of sp³-hybridized carbons (Fsp3) is 0.889. The highest BCUT2D eigenvalue weighted by Crippen LogP contribution is 1.97. The zero-order valence-corrected chi connectivity index (χ0v) is 8.85. The Hall–Kier alpha value is -0.610. The monoisotopic (exact) mass is 189 g/mol. The minimum atomic E-state index is -0.193. The Morgan fingerprint density at radius 2 is 1.92 bits per heavy atom. The van der Waals surface area contributed by atoms with Gasteiger partial charge in [0.1, 0.15) is 6.61 Å². The molecular weight excluding hydrogens is 170 g/mol. The molecule has 0 radical (unpaired) electrons. The molecule has 0 aromatic heterocycles. The second kappa shape index (κ2) is 5.94. The molecule has 0 spiro atoms. The van der Waals surface area contributed by atoms with Gasteiger partial charge in [0.15, 0.2) is 0 Å². The van der Waals surface area contributed by atoms with Gasteiger partial charge in [-0.2, -0.15) is 0 Å². The Morgan fingerprint density at radius 1 is 1.31 bits per heavy atom. The first-order chi connectivity index (χ1) is 5.95. The van der Waals surface area contributed by atoms with Crippen molar-refractivity contribution in [1.82, 2.24) is 5.32 Å². The average molecular weight is 189 g/mol. The summed E-state index contributed by atoms with van der Waals surface area (Å²) < 4.78 is 9.81. The van der Waals surface area contributed by atoms with Crippen LogP contribution in [0.5, 0.6) is 0 Å². The maximum Gasteiger partial charge on any atom is 0.246 e. The van der Waals surface area contributed by atoms with Crippen molar-refractivity contribution in [1.29, 1.82) is 0 Å². The molecule has 0 heterocycles. The molecule has 0 aromatic rings. The van der Waals surface area contributed by atoms with E-state index in [1.54, 1.807) is 7.11 Å². The second-order valence-corrected chi connectivity index (χ2v) is 3.84. The lowest BCUT2D eigenvalue weighted by Crippen LogP contribution is -2.42. The Kier molecular flexibility index (Phi) is 5.66. The zero-order chi connectivity index (χ0) is 10.3. The van der Waals surface area contributed by atoms with E-state index in [1.807, 2.05) is 20.8 Å². The molecule has 4 nitrogen and oxygen atoms in total. The van der Waals surface area contributed by atoms with E-state index >= 15 is 0 Å². The molecule has 0 bridgehead atoms. The number of carbonyl (C=O) groups is 1. The Labute approximate surface area is 79.6 Å². The van der Waals surface area contributed by atoms with E-state index in [-0.39, 0.29) is 18.1 Å². The number of nitrogens with one attached hydrogen (secondary N) is 1.